The molecule has 4 aromatic rings. The Morgan fingerprint density at radius 1 is 0.897 bits per heavy atom. The largest absolute Gasteiger partial charge is 0.332 e. The fourth-order valence-electron chi connectivity index (χ4n) is 3.17. The fraction of sp³-hybridized carbons (Fsp3) is 0.0909. The summed E-state index contributed by atoms with van der Waals surface area (Å²) in [6.45, 7) is -0.113. The van der Waals surface area contributed by atoms with Crippen molar-refractivity contribution in [2.24, 2.45) is 0 Å². The first-order valence-electron chi connectivity index (χ1n) is 8.95. The molecule has 2 aromatic carbocycles. The number of halogens is 1. The zero-order chi connectivity index (χ0) is 20.4. The minimum absolute atomic E-state index is 0.0974. The van der Waals surface area contributed by atoms with Gasteiger partial charge in [0.2, 0.25) is 0 Å². The molecule has 0 aliphatic carbocycles. The number of nitrogens with zero attached hydrogens (tertiary/aromatic N) is 3. The Bertz CT molecular complexity index is 1310. The van der Waals surface area contributed by atoms with Crippen LogP contribution in [0.3, 0.4) is 0 Å². The molecule has 0 unspecified atom stereocenters. The van der Waals surface area contributed by atoms with Gasteiger partial charge in [0.25, 0.3) is 5.56 Å². The van der Waals surface area contributed by atoms with Gasteiger partial charge in [0.1, 0.15) is 0 Å². The van der Waals surface area contributed by atoms with E-state index in [1.807, 2.05) is 30.3 Å². The van der Waals surface area contributed by atoms with Crippen molar-refractivity contribution in [1.82, 2.24) is 14.1 Å². The lowest BCUT2D eigenvalue weighted by Gasteiger charge is -2.13. The third kappa shape index (κ3) is 3.75. The molecule has 0 atom stereocenters. The van der Waals surface area contributed by atoms with Crippen LogP contribution in [0, 0.1) is 0 Å². The van der Waals surface area contributed by atoms with E-state index in [0.717, 1.165) is 10.1 Å². The second kappa shape index (κ2) is 7.85. The summed E-state index contributed by atoms with van der Waals surface area (Å²) in [6, 6.07) is 18.9. The molecule has 2 aromatic heterocycles. The van der Waals surface area contributed by atoms with Crippen LogP contribution >= 0.6 is 11.6 Å². The predicted molar refractivity (Wildman–Crippen MR) is 112 cm³/mol. The molecule has 4 rings (SSSR count). The summed E-state index contributed by atoms with van der Waals surface area (Å²) in [5, 5.41) is 0.518. The smallest absolute Gasteiger partial charge is 0.292 e. The number of fused-ring (bicyclic) bond motifs is 1. The molecule has 0 aliphatic rings. The summed E-state index contributed by atoms with van der Waals surface area (Å²) >= 11 is 5.88. The molecule has 0 bridgehead atoms. The summed E-state index contributed by atoms with van der Waals surface area (Å²) in [4.78, 5) is 43.0. The van der Waals surface area contributed by atoms with Gasteiger partial charge in [0, 0.05) is 16.8 Å². The Morgan fingerprint density at radius 2 is 1.62 bits per heavy atom. The fourth-order valence-corrected chi connectivity index (χ4v) is 3.30. The molecule has 0 amide bonds. The Balaban J connectivity index is 1.84. The van der Waals surface area contributed by atoms with Crippen LogP contribution < -0.4 is 11.2 Å². The molecule has 0 saturated heterocycles. The SMILES string of the molecule is O=C(Cn1c(=O)n(Cc2ccccc2)c(=O)c2ncccc21)c1ccc(Cl)cc1. The topological polar surface area (TPSA) is 74.0 Å². The summed E-state index contributed by atoms with van der Waals surface area (Å²) in [5.41, 5.74) is 0.670. The Labute approximate surface area is 170 Å². The van der Waals surface area contributed by atoms with Crippen LogP contribution in [-0.2, 0) is 13.1 Å². The lowest BCUT2D eigenvalue weighted by molar-refractivity contribution is 0.0971. The van der Waals surface area contributed by atoms with Crippen molar-refractivity contribution in [3.05, 3.63) is 110 Å². The van der Waals surface area contributed by atoms with Gasteiger partial charge in [-0.3, -0.25) is 18.7 Å². The summed E-state index contributed by atoms with van der Waals surface area (Å²) in [6.07, 6.45) is 1.49. The minimum atomic E-state index is -0.554. The van der Waals surface area contributed by atoms with E-state index in [1.165, 1.54) is 10.8 Å². The average Bonchev–Trinajstić information content (AvgIpc) is 2.75. The highest BCUT2D eigenvalue weighted by molar-refractivity contribution is 6.30. The quantitative estimate of drug-likeness (QED) is 0.478. The van der Waals surface area contributed by atoms with Crippen molar-refractivity contribution in [2.45, 2.75) is 13.1 Å². The summed E-state index contributed by atoms with van der Waals surface area (Å²) < 4.78 is 2.41. The Kier molecular flexibility index (Phi) is 5.10. The van der Waals surface area contributed by atoms with E-state index in [-0.39, 0.29) is 24.4 Å². The van der Waals surface area contributed by atoms with Crippen molar-refractivity contribution < 1.29 is 4.79 Å². The van der Waals surface area contributed by atoms with Gasteiger partial charge in [0.15, 0.2) is 11.3 Å². The van der Waals surface area contributed by atoms with Crippen molar-refractivity contribution in [3.63, 3.8) is 0 Å². The van der Waals surface area contributed by atoms with E-state index in [1.54, 1.807) is 36.4 Å². The molecule has 0 saturated carbocycles. The summed E-state index contributed by atoms with van der Waals surface area (Å²) in [7, 11) is 0. The number of carbonyl (C=O) groups excluding carboxylic acids is 1. The van der Waals surface area contributed by atoms with Crippen LogP contribution in [0.5, 0.6) is 0 Å². The van der Waals surface area contributed by atoms with Gasteiger partial charge in [-0.15, -0.1) is 0 Å². The normalized spacial score (nSPS) is 10.9. The van der Waals surface area contributed by atoms with Gasteiger partial charge in [-0.2, -0.15) is 0 Å². The lowest BCUT2D eigenvalue weighted by atomic mass is 10.1. The number of aromatic nitrogens is 3. The number of ketones is 1. The lowest BCUT2D eigenvalue weighted by Crippen LogP contribution is -2.41. The van der Waals surface area contributed by atoms with E-state index in [4.69, 9.17) is 11.6 Å². The number of Topliss-reactive ketones (excluding diaryl/α,β-unsaturated/α-hetero) is 1. The first-order chi connectivity index (χ1) is 14.0. The van der Waals surface area contributed by atoms with Crippen LogP contribution in [0.25, 0.3) is 11.0 Å². The van der Waals surface area contributed by atoms with E-state index in [2.05, 4.69) is 4.98 Å². The molecule has 0 radical (unpaired) electrons. The average molecular weight is 406 g/mol. The molecule has 6 nitrogen and oxygen atoms in total. The van der Waals surface area contributed by atoms with Crippen molar-refractivity contribution in [3.8, 4) is 0 Å². The molecular weight excluding hydrogens is 390 g/mol. The molecule has 29 heavy (non-hydrogen) atoms. The molecule has 0 spiro atoms. The molecule has 2 heterocycles. The molecule has 144 valence electrons. The number of carbonyl (C=O) groups is 1. The Morgan fingerprint density at radius 3 is 2.34 bits per heavy atom. The van der Waals surface area contributed by atoms with Gasteiger partial charge in [0.05, 0.1) is 18.6 Å². The highest BCUT2D eigenvalue weighted by Gasteiger charge is 2.17. The maximum Gasteiger partial charge on any atom is 0.332 e. The van der Waals surface area contributed by atoms with Gasteiger partial charge in [-0.1, -0.05) is 41.9 Å². The molecule has 0 fully saturated rings. The van der Waals surface area contributed by atoms with Crippen LogP contribution in [-0.4, -0.2) is 19.9 Å². The minimum Gasteiger partial charge on any atom is -0.292 e. The van der Waals surface area contributed by atoms with Crippen molar-refractivity contribution >= 4 is 28.4 Å². The van der Waals surface area contributed by atoms with E-state index in [9.17, 15) is 14.4 Å². The van der Waals surface area contributed by atoms with Crippen LogP contribution in [0.15, 0.2) is 82.5 Å². The van der Waals surface area contributed by atoms with Crippen molar-refractivity contribution in [1.29, 1.82) is 0 Å². The first kappa shape index (κ1) is 18.8. The molecule has 7 heteroatoms. The second-order valence-electron chi connectivity index (χ2n) is 6.55. The standard InChI is InChI=1S/C22H16ClN3O3/c23-17-10-8-16(9-11-17)19(27)14-25-18-7-4-12-24-20(18)21(28)26(22(25)29)13-15-5-2-1-3-6-15/h1-12H,13-14H2. The highest BCUT2D eigenvalue weighted by atomic mass is 35.5. The van der Waals surface area contributed by atoms with Crippen LogP contribution in [0.4, 0.5) is 0 Å². The molecule has 0 N–H and O–H groups in total. The number of rotatable bonds is 5. The second-order valence-corrected chi connectivity index (χ2v) is 6.98. The zero-order valence-corrected chi connectivity index (χ0v) is 16.0. The van der Waals surface area contributed by atoms with Crippen molar-refractivity contribution in [2.75, 3.05) is 0 Å². The third-order valence-electron chi connectivity index (χ3n) is 4.64. The van der Waals surface area contributed by atoms with Gasteiger partial charge in [-0.25, -0.2) is 9.78 Å². The number of hydrogen-bond acceptors (Lipinski definition) is 4. The molecular formula is C22H16ClN3O3. The number of hydrogen-bond donors (Lipinski definition) is 0. The molecule has 0 aliphatic heterocycles. The van der Waals surface area contributed by atoms with Crippen LogP contribution in [0.1, 0.15) is 15.9 Å². The van der Waals surface area contributed by atoms with E-state index >= 15 is 0 Å². The zero-order valence-electron chi connectivity index (χ0n) is 15.3. The number of pyridine rings is 1. The maximum atomic E-state index is 13.2. The van der Waals surface area contributed by atoms with Crippen LogP contribution in [0.2, 0.25) is 5.02 Å². The summed E-state index contributed by atoms with van der Waals surface area (Å²) in [5.74, 6) is -0.265. The Hall–Kier alpha value is -3.51. The maximum absolute atomic E-state index is 13.2. The van der Waals surface area contributed by atoms with Gasteiger partial charge < -0.3 is 0 Å². The number of benzene rings is 2. The van der Waals surface area contributed by atoms with Gasteiger partial charge in [-0.05, 0) is 42.0 Å². The predicted octanol–water partition coefficient (Wildman–Crippen LogP) is 3.14. The van der Waals surface area contributed by atoms with E-state index in [0.29, 0.717) is 16.1 Å². The van der Waals surface area contributed by atoms with E-state index < -0.39 is 11.2 Å². The first-order valence-corrected chi connectivity index (χ1v) is 9.33. The highest BCUT2D eigenvalue weighted by Crippen LogP contribution is 2.12. The third-order valence-corrected chi connectivity index (χ3v) is 4.89. The van der Waals surface area contributed by atoms with Gasteiger partial charge >= 0.3 is 5.69 Å². The monoisotopic (exact) mass is 405 g/mol.